The number of ether oxygens (including phenoxy) is 1. The van der Waals surface area contributed by atoms with Crippen LogP contribution in [0.4, 0.5) is 14.5 Å². The van der Waals surface area contributed by atoms with Gasteiger partial charge in [0, 0.05) is 25.1 Å². The highest BCUT2D eigenvalue weighted by molar-refractivity contribution is 7.89. The lowest BCUT2D eigenvalue weighted by molar-refractivity contribution is -0.120. The predicted octanol–water partition coefficient (Wildman–Crippen LogP) is 3.71. The van der Waals surface area contributed by atoms with Crippen LogP contribution in [0.25, 0.3) is 0 Å². The van der Waals surface area contributed by atoms with Crippen molar-refractivity contribution in [3.8, 4) is 5.75 Å². The van der Waals surface area contributed by atoms with E-state index in [1.807, 2.05) is 6.92 Å². The monoisotopic (exact) mass is 438 g/mol. The number of hydrogen-bond acceptors (Lipinski definition) is 4. The molecule has 1 amide bonds. The molecule has 1 aliphatic heterocycles. The van der Waals surface area contributed by atoms with E-state index in [0.29, 0.717) is 12.4 Å². The number of amides is 1. The number of nitrogens with one attached hydrogen (secondary N) is 1. The van der Waals surface area contributed by atoms with Crippen molar-refractivity contribution in [2.75, 3.05) is 25.0 Å². The van der Waals surface area contributed by atoms with Crippen molar-refractivity contribution in [2.24, 2.45) is 5.92 Å². The lowest BCUT2D eigenvalue weighted by Crippen LogP contribution is -2.41. The number of aryl methyl sites for hydroxylation is 1. The molecule has 0 aliphatic carbocycles. The third-order valence-electron chi connectivity index (χ3n) is 5.10. The summed E-state index contributed by atoms with van der Waals surface area (Å²) in [7, 11) is -3.70. The molecular weight excluding hydrogens is 414 g/mol. The van der Waals surface area contributed by atoms with Gasteiger partial charge >= 0.3 is 0 Å². The summed E-state index contributed by atoms with van der Waals surface area (Å²) in [6.45, 7) is 4.46. The fraction of sp³-hybridized carbons (Fsp3) is 0.381. The first-order valence-corrected chi connectivity index (χ1v) is 11.2. The van der Waals surface area contributed by atoms with Crippen molar-refractivity contribution in [1.29, 1.82) is 0 Å². The predicted molar refractivity (Wildman–Crippen MR) is 109 cm³/mol. The first kappa shape index (κ1) is 22.2. The van der Waals surface area contributed by atoms with E-state index < -0.39 is 33.5 Å². The molecule has 2 aromatic rings. The van der Waals surface area contributed by atoms with Crippen LogP contribution >= 0.6 is 0 Å². The van der Waals surface area contributed by atoms with Crippen LogP contribution in [0.1, 0.15) is 25.3 Å². The molecule has 6 nitrogen and oxygen atoms in total. The fourth-order valence-corrected chi connectivity index (χ4v) is 4.99. The van der Waals surface area contributed by atoms with Crippen molar-refractivity contribution in [1.82, 2.24) is 4.31 Å². The standard InChI is InChI=1S/C21H24F2N2O4S/c1-3-29-20-7-5-17(12-14(20)2)30(27,28)25-10-8-15(9-11-25)21(26)24-19-13-16(22)4-6-18(19)23/h4-7,12-13,15H,3,8-11H2,1-2H3,(H,24,26). The molecule has 0 spiro atoms. The van der Waals surface area contributed by atoms with Crippen LogP contribution in [0.2, 0.25) is 0 Å². The highest BCUT2D eigenvalue weighted by Gasteiger charge is 2.32. The quantitative estimate of drug-likeness (QED) is 0.746. The van der Waals surface area contributed by atoms with Crippen molar-refractivity contribution < 1.29 is 26.7 Å². The summed E-state index contributed by atoms with van der Waals surface area (Å²) >= 11 is 0. The molecule has 1 saturated heterocycles. The van der Waals surface area contributed by atoms with Gasteiger partial charge in [-0.15, -0.1) is 0 Å². The molecule has 3 rings (SSSR count). The molecule has 1 fully saturated rings. The van der Waals surface area contributed by atoms with E-state index in [0.717, 1.165) is 23.8 Å². The van der Waals surface area contributed by atoms with Crippen LogP contribution in [0.3, 0.4) is 0 Å². The zero-order valence-corrected chi connectivity index (χ0v) is 17.6. The van der Waals surface area contributed by atoms with E-state index >= 15 is 0 Å². The molecule has 0 bridgehead atoms. The Morgan fingerprint density at radius 3 is 2.50 bits per heavy atom. The second-order valence-corrected chi connectivity index (χ2v) is 9.09. The normalized spacial score (nSPS) is 15.7. The number of anilines is 1. The average Bonchev–Trinajstić information content (AvgIpc) is 2.72. The molecule has 1 heterocycles. The fourth-order valence-electron chi connectivity index (χ4n) is 3.44. The van der Waals surface area contributed by atoms with Crippen LogP contribution in [-0.4, -0.2) is 38.3 Å². The average molecular weight is 438 g/mol. The maximum atomic E-state index is 13.7. The van der Waals surface area contributed by atoms with E-state index in [4.69, 9.17) is 4.74 Å². The number of halogens is 2. The molecule has 0 atom stereocenters. The van der Waals surface area contributed by atoms with E-state index in [1.165, 1.54) is 10.4 Å². The van der Waals surface area contributed by atoms with Gasteiger partial charge in [-0.2, -0.15) is 4.31 Å². The maximum Gasteiger partial charge on any atom is 0.243 e. The van der Waals surface area contributed by atoms with Crippen LogP contribution < -0.4 is 10.1 Å². The van der Waals surface area contributed by atoms with Crippen molar-refractivity contribution in [3.63, 3.8) is 0 Å². The summed E-state index contributed by atoms with van der Waals surface area (Å²) in [5.74, 6) is -1.68. The molecule has 162 valence electrons. The number of benzene rings is 2. The molecule has 0 saturated carbocycles. The van der Waals surface area contributed by atoms with E-state index in [2.05, 4.69) is 5.32 Å². The number of sulfonamides is 1. The van der Waals surface area contributed by atoms with Gasteiger partial charge in [-0.1, -0.05) is 0 Å². The number of nitrogens with zero attached hydrogens (tertiary/aromatic N) is 1. The van der Waals surface area contributed by atoms with Gasteiger partial charge in [0.25, 0.3) is 0 Å². The summed E-state index contributed by atoms with van der Waals surface area (Å²) < 4.78 is 59.7. The SMILES string of the molecule is CCOc1ccc(S(=O)(=O)N2CCC(C(=O)Nc3cc(F)ccc3F)CC2)cc1C. The molecule has 30 heavy (non-hydrogen) atoms. The van der Waals surface area contributed by atoms with Crippen molar-refractivity contribution in [2.45, 2.75) is 31.6 Å². The van der Waals surface area contributed by atoms with Gasteiger partial charge in [-0.3, -0.25) is 4.79 Å². The van der Waals surface area contributed by atoms with Gasteiger partial charge in [0.2, 0.25) is 15.9 Å². The van der Waals surface area contributed by atoms with E-state index in [-0.39, 0.29) is 36.5 Å². The second-order valence-electron chi connectivity index (χ2n) is 7.15. The summed E-state index contributed by atoms with van der Waals surface area (Å²) in [6, 6.07) is 7.56. The number of piperidine rings is 1. The third kappa shape index (κ3) is 4.79. The minimum Gasteiger partial charge on any atom is -0.494 e. The first-order valence-electron chi connectivity index (χ1n) is 9.72. The Morgan fingerprint density at radius 1 is 1.17 bits per heavy atom. The smallest absolute Gasteiger partial charge is 0.243 e. The Hall–Kier alpha value is -2.52. The van der Waals surface area contributed by atoms with Gasteiger partial charge < -0.3 is 10.1 Å². The largest absolute Gasteiger partial charge is 0.494 e. The van der Waals surface area contributed by atoms with Gasteiger partial charge in [0.05, 0.1) is 17.2 Å². The molecular formula is C21H24F2N2O4S. The van der Waals surface area contributed by atoms with Crippen LogP contribution in [0.15, 0.2) is 41.3 Å². The first-order chi connectivity index (χ1) is 14.2. The van der Waals surface area contributed by atoms with Crippen molar-refractivity contribution in [3.05, 3.63) is 53.6 Å². The third-order valence-corrected chi connectivity index (χ3v) is 6.99. The van der Waals surface area contributed by atoms with Crippen LogP contribution in [-0.2, 0) is 14.8 Å². The molecule has 1 aliphatic rings. The maximum absolute atomic E-state index is 13.7. The number of rotatable bonds is 6. The lowest BCUT2D eigenvalue weighted by atomic mass is 9.97. The highest BCUT2D eigenvalue weighted by atomic mass is 32.2. The van der Waals surface area contributed by atoms with Gasteiger partial charge in [0.15, 0.2) is 0 Å². The molecule has 1 N–H and O–H groups in total. The Morgan fingerprint density at radius 2 is 1.87 bits per heavy atom. The highest BCUT2D eigenvalue weighted by Crippen LogP contribution is 2.28. The second kappa shape index (κ2) is 9.09. The Bertz CT molecular complexity index is 1040. The van der Waals surface area contributed by atoms with Gasteiger partial charge in [0.1, 0.15) is 17.4 Å². The lowest BCUT2D eigenvalue weighted by Gasteiger charge is -2.30. The van der Waals surface area contributed by atoms with Crippen molar-refractivity contribution >= 4 is 21.6 Å². The molecule has 2 aromatic carbocycles. The summed E-state index contributed by atoms with van der Waals surface area (Å²) in [5.41, 5.74) is 0.504. The topological polar surface area (TPSA) is 75.7 Å². The molecule has 0 unspecified atom stereocenters. The summed E-state index contributed by atoms with van der Waals surface area (Å²) in [4.78, 5) is 12.6. The zero-order valence-electron chi connectivity index (χ0n) is 16.8. The van der Waals surface area contributed by atoms with Gasteiger partial charge in [-0.05, 0) is 62.6 Å². The van der Waals surface area contributed by atoms with Crippen LogP contribution in [0.5, 0.6) is 5.75 Å². The number of carbonyl (C=O) groups excluding carboxylic acids is 1. The Balaban J connectivity index is 1.65. The number of carbonyl (C=O) groups is 1. The Labute approximate surface area is 174 Å². The summed E-state index contributed by atoms with van der Waals surface area (Å²) in [5, 5.41) is 2.40. The molecule has 0 aromatic heterocycles. The van der Waals surface area contributed by atoms with E-state index in [1.54, 1.807) is 19.1 Å². The van der Waals surface area contributed by atoms with Gasteiger partial charge in [-0.25, -0.2) is 17.2 Å². The molecule has 0 radical (unpaired) electrons. The molecule has 9 heteroatoms. The van der Waals surface area contributed by atoms with Crippen LogP contribution in [0, 0.1) is 24.5 Å². The Kier molecular flexibility index (Phi) is 6.72. The van der Waals surface area contributed by atoms with E-state index in [9.17, 15) is 22.0 Å². The zero-order chi connectivity index (χ0) is 21.9. The summed E-state index contributed by atoms with van der Waals surface area (Å²) in [6.07, 6.45) is 0.579. The minimum atomic E-state index is -3.70. The minimum absolute atomic E-state index is 0.165. The number of hydrogen-bond donors (Lipinski definition) is 1.